The van der Waals surface area contributed by atoms with Crippen LogP contribution in [0.15, 0.2) is 12.1 Å². The van der Waals surface area contributed by atoms with E-state index in [0.717, 1.165) is 6.07 Å². The van der Waals surface area contributed by atoms with Gasteiger partial charge < -0.3 is 0 Å². The lowest BCUT2D eigenvalue weighted by Crippen LogP contribution is -2.32. The summed E-state index contributed by atoms with van der Waals surface area (Å²) in [5.74, 6) is -4.75. The van der Waals surface area contributed by atoms with E-state index in [1.54, 1.807) is 0 Å². The normalized spacial score (nSPS) is 13.4. The molecular formula is C6H2F5S. The van der Waals surface area contributed by atoms with E-state index >= 15 is 0 Å². The number of hydrogen-bond acceptors (Lipinski definition) is 1. The second-order valence-corrected chi connectivity index (χ2v) is 2.87. The predicted octanol–water partition coefficient (Wildman–Crippen LogP) is 3.20. The summed E-state index contributed by atoms with van der Waals surface area (Å²) in [6.07, 6.45) is -5.52. The van der Waals surface area contributed by atoms with Crippen molar-refractivity contribution in [2.45, 2.75) is 12.1 Å². The molecule has 1 aromatic rings. The molecule has 1 heterocycles. The van der Waals surface area contributed by atoms with Crippen LogP contribution in [0.2, 0.25) is 0 Å². The van der Waals surface area contributed by atoms with E-state index in [-0.39, 0.29) is 11.3 Å². The first-order chi connectivity index (χ1) is 5.36. The molecule has 0 unspecified atom stereocenters. The molecule has 0 saturated heterocycles. The number of alkyl halides is 5. The smallest absolute Gasteiger partial charge is 0.190 e. The molecule has 1 aromatic heterocycles. The van der Waals surface area contributed by atoms with Crippen LogP contribution in [0.4, 0.5) is 22.0 Å². The summed E-state index contributed by atoms with van der Waals surface area (Å²) < 4.78 is 59.6. The van der Waals surface area contributed by atoms with Gasteiger partial charge in [0.05, 0.1) is 4.88 Å². The summed E-state index contributed by atoms with van der Waals surface area (Å²) in [6.45, 7) is 0. The summed E-state index contributed by atoms with van der Waals surface area (Å²) in [6, 6.07) is 1.73. The van der Waals surface area contributed by atoms with Crippen molar-refractivity contribution in [1.29, 1.82) is 0 Å². The lowest BCUT2D eigenvalue weighted by molar-refractivity contribution is -0.287. The minimum atomic E-state index is -5.52. The molecule has 1 rings (SSSR count). The number of thiophene rings is 1. The number of halogens is 5. The zero-order valence-corrected chi connectivity index (χ0v) is 6.27. The van der Waals surface area contributed by atoms with Gasteiger partial charge in [0, 0.05) is 5.38 Å². The third kappa shape index (κ3) is 1.43. The monoisotopic (exact) mass is 201 g/mol. The Morgan fingerprint density at radius 2 is 1.75 bits per heavy atom. The van der Waals surface area contributed by atoms with Crippen molar-refractivity contribution in [2.24, 2.45) is 0 Å². The molecule has 0 atom stereocenters. The highest BCUT2D eigenvalue weighted by Gasteiger charge is 2.59. The Morgan fingerprint density at radius 3 is 2.08 bits per heavy atom. The van der Waals surface area contributed by atoms with Crippen molar-refractivity contribution in [2.75, 3.05) is 0 Å². The zero-order chi connectivity index (χ0) is 9.41. The Morgan fingerprint density at radius 1 is 1.17 bits per heavy atom. The molecule has 0 aliphatic carbocycles. The van der Waals surface area contributed by atoms with E-state index in [4.69, 9.17) is 0 Å². The van der Waals surface area contributed by atoms with Crippen LogP contribution in [-0.4, -0.2) is 6.18 Å². The Labute approximate surface area is 68.6 Å². The van der Waals surface area contributed by atoms with Gasteiger partial charge in [0.2, 0.25) is 0 Å². The van der Waals surface area contributed by atoms with Gasteiger partial charge >= 0.3 is 12.1 Å². The van der Waals surface area contributed by atoms with Crippen LogP contribution in [0, 0.1) is 5.38 Å². The Kier molecular flexibility index (Phi) is 2.11. The van der Waals surface area contributed by atoms with Crippen molar-refractivity contribution in [1.82, 2.24) is 0 Å². The quantitative estimate of drug-likeness (QED) is 0.612. The van der Waals surface area contributed by atoms with E-state index in [1.165, 1.54) is 0 Å². The van der Waals surface area contributed by atoms with Crippen LogP contribution in [0.25, 0.3) is 0 Å². The first-order valence-electron chi connectivity index (χ1n) is 2.76. The maximum absolute atomic E-state index is 12.4. The second-order valence-electron chi connectivity index (χ2n) is 1.99. The summed E-state index contributed by atoms with van der Waals surface area (Å²) in [4.78, 5) is -1.03. The number of hydrogen-bond donors (Lipinski definition) is 0. The van der Waals surface area contributed by atoms with Gasteiger partial charge in [0.25, 0.3) is 0 Å². The van der Waals surface area contributed by atoms with E-state index in [2.05, 4.69) is 5.38 Å². The van der Waals surface area contributed by atoms with Gasteiger partial charge in [-0.15, -0.1) is 11.3 Å². The lowest BCUT2D eigenvalue weighted by Gasteiger charge is -2.17. The summed E-state index contributed by atoms with van der Waals surface area (Å²) in [7, 11) is 0. The van der Waals surface area contributed by atoms with Crippen LogP contribution in [0.3, 0.4) is 0 Å². The van der Waals surface area contributed by atoms with Crippen molar-refractivity contribution in [3.63, 3.8) is 0 Å². The predicted molar refractivity (Wildman–Crippen MR) is 33.1 cm³/mol. The SMILES string of the molecule is FC(F)(F)C(F)(F)c1cc[c]s1. The van der Waals surface area contributed by atoms with Crippen molar-refractivity contribution in [3.8, 4) is 0 Å². The molecule has 0 bridgehead atoms. The molecule has 0 aliphatic heterocycles. The summed E-state index contributed by atoms with van der Waals surface area (Å²) in [5, 5.41) is 2.17. The molecule has 0 aromatic carbocycles. The molecular weight excluding hydrogens is 199 g/mol. The highest BCUT2D eigenvalue weighted by atomic mass is 32.1. The minimum absolute atomic E-state index is 0.262. The average molecular weight is 201 g/mol. The highest BCUT2D eigenvalue weighted by Crippen LogP contribution is 2.45. The molecule has 67 valence electrons. The van der Waals surface area contributed by atoms with Crippen molar-refractivity contribution in [3.05, 3.63) is 22.4 Å². The molecule has 0 nitrogen and oxygen atoms in total. The van der Waals surface area contributed by atoms with Gasteiger partial charge in [-0.3, -0.25) is 0 Å². The molecule has 12 heavy (non-hydrogen) atoms. The Hall–Kier alpha value is -0.650. The summed E-state index contributed by atoms with van der Waals surface area (Å²) >= 11 is 0.262. The second kappa shape index (κ2) is 2.69. The molecule has 0 saturated carbocycles. The molecule has 6 heteroatoms. The highest BCUT2D eigenvalue weighted by molar-refractivity contribution is 7.09. The van der Waals surface area contributed by atoms with Crippen LogP contribution in [-0.2, 0) is 5.92 Å². The Bertz CT molecular complexity index is 247. The standard InChI is InChI=1S/C6H2F5S/c7-5(8,6(9,10)11)4-2-1-3-12-4/h1-2H. The number of rotatable bonds is 1. The first kappa shape index (κ1) is 9.44. The minimum Gasteiger partial charge on any atom is -0.190 e. The molecule has 0 fully saturated rings. The van der Waals surface area contributed by atoms with Gasteiger partial charge in [-0.05, 0) is 12.1 Å². The van der Waals surface area contributed by atoms with Crippen molar-refractivity contribution < 1.29 is 22.0 Å². The van der Waals surface area contributed by atoms with Gasteiger partial charge in [0.15, 0.2) is 0 Å². The van der Waals surface area contributed by atoms with Gasteiger partial charge in [0.1, 0.15) is 0 Å². The zero-order valence-electron chi connectivity index (χ0n) is 5.45. The first-order valence-corrected chi connectivity index (χ1v) is 3.58. The van der Waals surface area contributed by atoms with E-state index in [0.29, 0.717) is 6.07 Å². The molecule has 0 aliphatic rings. The average Bonchev–Trinajstić information content (AvgIpc) is 2.34. The third-order valence-corrected chi connectivity index (χ3v) is 2.00. The molecule has 0 N–H and O–H groups in total. The molecule has 0 spiro atoms. The van der Waals surface area contributed by atoms with Gasteiger partial charge in [-0.25, -0.2) is 0 Å². The van der Waals surface area contributed by atoms with E-state index < -0.39 is 17.0 Å². The van der Waals surface area contributed by atoms with Crippen LogP contribution in [0.1, 0.15) is 4.88 Å². The fourth-order valence-corrected chi connectivity index (χ4v) is 1.19. The maximum atomic E-state index is 12.4. The summed E-state index contributed by atoms with van der Waals surface area (Å²) in [5.41, 5.74) is 0. The fraction of sp³-hybridized carbons (Fsp3) is 0.333. The fourth-order valence-electron chi connectivity index (χ4n) is 0.550. The van der Waals surface area contributed by atoms with E-state index in [9.17, 15) is 22.0 Å². The van der Waals surface area contributed by atoms with E-state index in [1.807, 2.05) is 0 Å². The third-order valence-electron chi connectivity index (χ3n) is 1.14. The topological polar surface area (TPSA) is 0 Å². The van der Waals surface area contributed by atoms with Crippen LogP contribution >= 0.6 is 11.3 Å². The maximum Gasteiger partial charge on any atom is 0.458 e. The Balaban J connectivity index is 3.02. The van der Waals surface area contributed by atoms with Crippen molar-refractivity contribution >= 4 is 11.3 Å². The van der Waals surface area contributed by atoms with Crippen LogP contribution < -0.4 is 0 Å². The lowest BCUT2D eigenvalue weighted by atomic mass is 10.3. The largest absolute Gasteiger partial charge is 0.458 e. The molecule has 0 amide bonds. The van der Waals surface area contributed by atoms with Gasteiger partial charge in [-0.1, -0.05) is 0 Å². The van der Waals surface area contributed by atoms with Gasteiger partial charge in [-0.2, -0.15) is 22.0 Å². The van der Waals surface area contributed by atoms with Crippen LogP contribution in [0.5, 0.6) is 0 Å². The molecule has 1 radical (unpaired) electrons.